The van der Waals surface area contributed by atoms with Gasteiger partial charge in [-0.1, -0.05) is 6.42 Å². The molecule has 2 aliphatic carbocycles. The van der Waals surface area contributed by atoms with Crippen molar-refractivity contribution in [2.24, 2.45) is 17.8 Å². The molecule has 1 aromatic carbocycles. The van der Waals surface area contributed by atoms with Gasteiger partial charge in [0.25, 0.3) is 5.91 Å². The molecule has 2 bridgehead atoms. The van der Waals surface area contributed by atoms with Crippen LogP contribution in [0, 0.1) is 17.8 Å². The molecular weight excluding hydrogens is 250 g/mol. The van der Waals surface area contributed by atoms with Crippen molar-refractivity contribution in [2.75, 3.05) is 7.11 Å². The Balaban J connectivity index is 1.60. The topological polar surface area (TPSA) is 38.3 Å². The van der Waals surface area contributed by atoms with E-state index in [9.17, 15) is 4.79 Å². The van der Waals surface area contributed by atoms with Gasteiger partial charge in [-0.15, -0.1) is 0 Å². The van der Waals surface area contributed by atoms with Crippen LogP contribution in [0.25, 0.3) is 0 Å². The first-order valence-corrected chi connectivity index (χ1v) is 7.62. The third kappa shape index (κ3) is 2.54. The fraction of sp³-hybridized carbons (Fsp3) is 0.588. The summed E-state index contributed by atoms with van der Waals surface area (Å²) in [4.78, 5) is 12.3. The minimum absolute atomic E-state index is 0.0305. The molecule has 3 rings (SSSR count). The lowest BCUT2D eigenvalue weighted by Crippen LogP contribution is -2.40. The Hall–Kier alpha value is -1.51. The largest absolute Gasteiger partial charge is 0.497 e. The SMILES string of the molecule is COc1ccc(C(=O)N[C@H](C)[C@H]2C[C@@H]3CC[C@H]2C3)cc1. The Morgan fingerprint density at radius 3 is 2.55 bits per heavy atom. The third-order valence-corrected chi connectivity index (χ3v) is 5.15. The van der Waals surface area contributed by atoms with Gasteiger partial charge in [0.1, 0.15) is 5.75 Å². The van der Waals surface area contributed by atoms with E-state index in [1.165, 1.54) is 25.7 Å². The van der Waals surface area contributed by atoms with E-state index in [1.807, 2.05) is 24.3 Å². The van der Waals surface area contributed by atoms with Crippen LogP contribution in [0.2, 0.25) is 0 Å². The van der Waals surface area contributed by atoms with Gasteiger partial charge in [0.2, 0.25) is 0 Å². The molecule has 2 aliphatic rings. The number of fused-ring (bicyclic) bond motifs is 2. The molecule has 0 aliphatic heterocycles. The summed E-state index contributed by atoms with van der Waals surface area (Å²) >= 11 is 0. The fourth-order valence-corrected chi connectivity index (χ4v) is 4.05. The Labute approximate surface area is 120 Å². The molecule has 2 fully saturated rings. The number of ether oxygens (including phenoxy) is 1. The van der Waals surface area contributed by atoms with Gasteiger partial charge in [-0.25, -0.2) is 0 Å². The van der Waals surface area contributed by atoms with Gasteiger partial charge in [0, 0.05) is 11.6 Å². The van der Waals surface area contributed by atoms with Crippen molar-refractivity contribution in [1.82, 2.24) is 5.32 Å². The Bertz CT molecular complexity index is 482. The van der Waals surface area contributed by atoms with Crippen molar-refractivity contribution in [3.63, 3.8) is 0 Å². The van der Waals surface area contributed by atoms with E-state index in [4.69, 9.17) is 4.74 Å². The number of methoxy groups -OCH3 is 1. The number of nitrogens with one attached hydrogen (secondary N) is 1. The second-order valence-corrected chi connectivity index (χ2v) is 6.33. The molecule has 0 radical (unpaired) electrons. The zero-order valence-corrected chi connectivity index (χ0v) is 12.3. The maximum absolute atomic E-state index is 12.3. The van der Waals surface area contributed by atoms with Crippen LogP contribution in [0.4, 0.5) is 0 Å². The molecule has 3 nitrogen and oxygen atoms in total. The smallest absolute Gasteiger partial charge is 0.251 e. The van der Waals surface area contributed by atoms with E-state index >= 15 is 0 Å². The molecule has 0 heterocycles. The molecule has 1 amide bonds. The summed E-state index contributed by atoms with van der Waals surface area (Å²) < 4.78 is 5.11. The van der Waals surface area contributed by atoms with Crippen molar-refractivity contribution in [3.05, 3.63) is 29.8 Å². The number of hydrogen-bond donors (Lipinski definition) is 1. The van der Waals surface area contributed by atoms with Crippen LogP contribution in [-0.4, -0.2) is 19.1 Å². The van der Waals surface area contributed by atoms with Crippen LogP contribution in [-0.2, 0) is 0 Å². The number of hydrogen-bond acceptors (Lipinski definition) is 2. The molecule has 108 valence electrons. The number of carbonyl (C=O) groups is 1. The highest BCUT2D eigenvalue weighted by Crippen LogP contribution is 2.49. The van der Waals surface area contributed by atoms with Gasteiger partial charge >= 0.3 is 0 Å². The highest BCUT2D eigenvalue weighted by molar-refractivity contribution is 5.94. The number of carbonyl (C=O) groups excluding carboxylic acids is 1. The monoisotopic (exact) mass is 273 g/mol. The number of rotatable bonds is 4. The second-order valence-electron chi connectivity index (χ2n) is 6.33. The summed E-state index contributed by atoms with van der Waals surface area (Å²) in [5, 5.41) is 3.18. The van der Waals surface area contributed by atoms with Crippen LogP contribution in [0.1, 0.15) is 43.0 Å². The molecule has 0 saturated heterocycles. The van der Waals surface area contributed by atoms with Crippen molar-refractivity contribution in [2.45, 2.75) is 38.6 Å². The maximum Gasteiger partial charge on any atom is 0.251 e. The molecule has 0 spiro atoms. The Morgan fingerprint density at radius 1 is 1.25 bits per heavy atom. The van der Waals surface area contributed by atoms with Gasteiger partial charge in [-0.3, -0.25) is 4.79 Å². The lowest BCUT2D eigenvalue weighted by atomic mass is 9.84. The van der Waals surface area contributed by atoms with Crippen molar-refractivity contribution in [1.29, 1.82) is 0 Å². The Morgan fingerprint density at radius 2 is 2.00 bits per heavy atom. The molecule has 1 aromatic rings. The molecule has 1 N–H and O–H groups in total. The lowest BCUT2D eigenvalue weighted by Gasteiger charge is -2.28. The first-order valence-electron chi connectivity index (χ1n) is 7.62. The minimum Gasteiger partial charge on any atom is -0.497 e. The average molecular weight is 273 g/mol. The van der Waals surface area contributed by atoms with Crippen LogP contribution in [0.3, 0.4) is 0 Å². The third-order valence-electron chi connectivity index (χ3n) is 5.15. The summed E-state index contributed by atoms with van der Waals surface area (Å²) in [6, 6.07) is 7.58. The highest BCUT2D eigenvalue weighted by Gasteiger charge is 2.42. The van der Waals surface area contributed by atoms with E-state index < -0.39 is 0 Å². The average Bonchev–Trinajstić information content (AvgIpc) is 3.10. The normalized spacial score (nSPS) is 29.2. The molecule has 4 atom stereocenters. The van der Waals surface area contributed by atoms with Gasteiger partial charge in [0.05, 0.1) is 7.11 Å². The second kappa shape index (κ2) is 5.47. The van der Waals surface area contributed by atoms with Crippen molar-refractivity contribution in [3.8, 4) is 5.75 Å². The van der Waals surface area contributed by atoms with Crippen LogP contribution in [0.5, 0.6) is 5.75 Å². The lowest BCUT2D eigenvalue weighted by molar-refractivity contribution is 0.0915. The minimum atomic E-state index is 0.0305. The zero-order chi connectivity index (χ0) is 14.1. The Kier molecular flexibility index (Phi) is 3.68. The standard InChI is InChI=1S/C17H23NO2/c1-11(16-10-12-3-4-14(16)9-12)18-17(19)13-5-7-15(20-2)8-6-13/h5-8,11-12,14,16H,3-4,9-10H2,1-2H3,(H,18,19)/t11-,12-,14+,16-/m1/s1. The summed E-state index contributed by atoms with van der Waals surface area (Å²) in [7, 11) is 1.63. The summed E-state index contributed by atoms with van der Waals surface area (Å²) in [5.41, 5.74) is 0.709. The molecule has 0 unspecified atom stereocenters. The summed E-state index contributed by atoms with van der Waals surface area (Å²) in [5.74, 6) is 3.25. The highest BCUT2D eigenvalue weighted by atomic mass is 16.5. The van der Waals surface area contributed by atoms with Gasteiger partial charge in [-0.2, -0.15) is 0 Å². The van der Waals surface area contributed by atoms with Crippen molar-refractivity contribution >= 4 is 5.91 Å². The van der Waals surface area contributed by atoms with E-state index in [0.717, 1.165) is 17.6 Å². The fourth-order valence-electron chi connectivity index (χ4n) is 4.05. The van der Waals surface area contributed by atoms with Gasteiger partial charge < -0.3 is 10.1 Å². The van der Waals surface area contributed by atoms with Crippen molar-refractivity contribution < 1.29 is 9.53 Å². The van der Waals surface area contributed by atoms with Gasteiger partial charge in [-0.05, 0) is 68.2 Å². The summed E-state index contributed by atoms with van der Waals surface area (Å²) in [6.07, 6.45) is 5.44. The summed E-state index contributed by atoms with van der Waals surface area (Å²) in [6.45, 7) is 2.16. The van der Waals surface area contributed by atoms with E-state index in [2.05, 4.69) is 12.2 Å². The van der Waals surface area contributed by atoms with Crippen LogP contribution in [0.15, 0.2) is 24.3 Å². The van der Waals surface area contributed by atoms with E-state index in [1.54, 1.807) is 7.11 Å². The van der Waals surface area contributed by atoms with E-state index in [0.29, 0.717) is 11.5 Å². The predicted octanol–water partition coefficient (Wildman–Crippen LogP) is 3.25. The molecule has 20 heavy (non-hydrogen) atoms. The molecular formula is C17H23NO2. The first kappa shape index (κ1) is 13.5. The molecule has 0 aromatic heterocycles. The molecule has 2 saturated carbocycles. The zero-order valence-electron chi connectivity index (χ0n) is 12.3. The quantitative estimate of drug-likeness (QED) is 0.914. The number of amides is 1. The molecule has 3 heteroatoms. The number of benzene rings is 1. The first-order chi connectivity index (χ1) is 9.67. The van der Waals surface area contributed by atoms with Gasteiger partial charge in [0.15, 0.2) is 0 Å². The maximum atomic E-state index is 12.3. The van der Waals surface area contributed by atoms with E-state index in [-0.39, 0.29) is 11.9 Å². The van der Waals surface area contributed by atoms with Crippen LogP contribution < -0.4 is 10.1 Å². The van der Waals surface area contributed by atoms with Crippen LogP contribution >= 0.6 is 0 Å². The predicted molar refractivity (Wildman–Crippen MR) is 78.9 cm³/mol.